The molecule has 0 bridgehead atoms. The van der Waals surface area contributed by atoms with Gasteiger partial charge >= 0.3 is 0 Å². The Morgan fingerprint density at radius 3 is 2.55 bits per heavy atom. The molecular formula is C17H29N3. The summed E-state index contributed by atoms with van der Waals surface area (Å²) >= 11 is 0. The highest BCUT2D eigenvalue weighted by atomic mass is 15.2. The van der Waals surface area contributed by atoms with Gasteiger partial charge in [0, 0.05) is 31.0 Å². The number of nitrogens with zero attached hydrogens (tertiary/aromatic N) is 2. The third-order valence-electron chi connectivity index (χ3n) is 4.98. The molecule has 0 spiro atoms. The lowest BCUT2D eigenvalue weighted by atomic mass is 9.67. The van der Waals surface area contributed by atoms with Crippen molar-refractivity contribution in [2.75, 3.05) is 20.1 Å². The van der Waals surface area contributed by atoms with Gasteiger partial charge in [-0.15, -0.1) is 0 Å². The SMILES string of the molecule is CN(CCc1ccncc1)C1(CN)CCCC(C)(C)C1. The largest absolute Gasteiger partial charge is 0.329 e. The van der Waals surface area contributed by atoms with Crippen LogP contribution in [0, 0.1) is 5.41 Å². The molecule has 0 radical (unpaired) electrons. The van der Waals surface area contributed by atoms with Gasteiger partial charge in [-0.1, -0.05) is 20.3 Å². The summed E-state index contributed by atoms with van der Waals surface area (Å²) in [5.41, 5.74) is 8.14. The van der Waals surface area contributed by atoms with Crippen LogP contribution in [0.15, 0.2) is 24.5 Å². The summed E-state index contributed by atoms with van der Waals surface area (Å²) in [6.45, 7) is 6.60. The fraction of sp³-hybridized carbons (Fsp3) is 0.706. The van der Waals surface area contributed by atoms with Crippen molar-refractivity contribution < 1.29 is 0 Å². The average molecular weight is 275 g/mol. The van der Waals surface area contributed by atoms with Gasteiger partial charge in [0.25, 0.3) is 0 Å². The minimum Gasteiger partial charge on any atom is -0.329 e. The first-order valence-electron chi connectivity index (χ1n) is 7.78. The van der Waals surface area contributed by atoms with Crippen LogP contribution in [-0.2, 0) is 6.42 Å². The number of hydrogen-bond donors (Lipinski definition) is 1. The Labute approximate surface area is 123 Å². The molecule has 112 valence electrons. The highest BCUT2D eigenvalue weighted by Gasteiger charge is 2.41. The number of pyridine rings is 1. The molecule has 1 heterocycles. The predicted molar refractivity (Wildman–Crippen MR) is 84.6 cm³/mol. The third kappa shape index (κ3) is 3.58. The fourth-order valence-corrected chi connectivity index (χ4v) is 3.70. The first kappa shape index (κ1) is 15.5. The molecule has 1 aromatic rings. The smallest absolute Gasteiger partial charge is 0.0333 e. The molecule has 0 saturated heterocycles. The molecule has 1 atom stereocenters. The first-order valence-corrected chi connectivity index (χ1v) is 7.78. The summed E-state index contributed by atoms with van der Waals surface area (Å²) in [6.07, 6.45) is 9.89. The van der Waals surface area contributed by atoms with Crippen molar-refractivity contribution >= 4 is 0 Å². The first-order chi connectivity index (χ1) is 9.47. The van der Waals surface area contributed by atoms with Crippen molar-refractivity contribution in [1.29, 1.82) is 0 Å². The number of nitrogens with two attached hydrogens (primary N) is 1. The zero-order valence-electron chi connectivity index (χ0n) is 13.2. The molecule has 20 heavy (non-hydrogen) atoms. The second-order valence-corrected chi connectivity index (χ2v) is 7.15. The summed E-state index contributed by atoms with van der Waals surface area (Å²) in [5, 5.41) is 0. The highest BCUT2D eigenvalue weighted by molar-refractivity contribution is 5.10. The van der Waals surface area contributed by atoms with Crippen LogP contribution in [0.3, 0.4) is 0 Å². The van der Waals surface area contributed by atoms with E-state index in [9.17, 15) is 0 Å². The molecule has 3 nitrogen and oxygen atoms in total. The molecule has 1 fully saturated rings. The lowest BCUT2D eigenvalue weighted by Gasteiger charge is -2.49. The van der Waals surface area contributed by atoms with Gasteiger partial charge < -0.3 is 5.73 Å². The van der Waals surface area contributed by atoms with Gasteiger partial charge in [0.1, 0.15) is 0 Å². The molecule has 0 aliphatic heterocycles. The van der Waals surface area contributed by atoms with E-state index in [1.54, 1.807) is 0 Å². The van der Waals surface area contributed by atoms with E-state index in [4.69, 9.17) is 5.73 Å². The molecule has 1 unspecified atom stereocenters. The Balaban J connectivity index is 2.00. The van der Waals surface area contributed by atoms with E-state index in [0.717, 1.165) is 19.5 Å². The van der Waals surface area contributed by atoms with E-state index in [1.165, 1.54) is 31.2 Å². The van der Waals surface area contributed by atoms with Crippen molar-refractivity contribution in [3.05, 3.63) is 30.1 Å². The minimum atomic E-state index is 0.189. The number of hydrogen-bond acceptors (Lipinski definition) is 3. The zero-order valence-corrected chi connectivity index (χ0v) is 13.2. The van der Waals surface area contributed by atoms with Crippen molar-refractivity contribution in [3.8, 4) is 0 Å². The third-order valence-corrected chi connectivity index (χ3v) is 4.98. The van der Waals surface area contributed by atoms with E-state index in [-0.39, 0.29) is 5.54 Å². The second kappa shape index (κ2) is 6.23. The second-order valence-electron chi connectivity index (χ2n) is 7.15. The van der Waals surface area contributed by atoms with Crippen molar-refractivity contribution in [3.63, 3.8) is 0 Å². The van der Waals surface area contributed by atoms with Crippen LogP contribution in [-0.4, -0.2) is 35.6 Å². The lowest BCUT2D eigenvalue weighted by molar-refractivity contribution is 0.0282. The van der Waals surface area contributed by atoms with Gasteiger partial charge in [0.2, 0.25) is 0 Å². The van der Waals surface area contributed by atoms with Crippen molar-refractivity contribution in [2.45, 2.75) is 51.5 Å². The normalized spacial score (nSPS) is 25.9. The Morgan fingerprint density at radius 1 is 1.25 bits per heavy atom. The van der Waals surface area contributed by atoms with Gasteiger partial charge in [0.05, 0.1) is 0 Å². The Hall–Kier alpha value is -0.930. The quantitative estimate of drug-likeness (QED) is 0.898. The van der Waals surface area contributed by atoms with E-state index >= 15 is 0 Å². The Bertz CT molecular complexity index is 416. The molecule has 2 rings (SSSR count). The maximum Gasteiger partial charge on any atom is 0.0333 e. The van der Waals surface area contributed by atoms with Gasteiger partial charge in [-0.25, -0.2) is 0 Å². The summed E-state index contributed by atoms with van der Waals surface area (Å²) in [7, 11) is 2.25. The van der Waals surface area contributed by atoms with Crippen molar-refractivity contribution in [2.24, 2.45) is 11.1 Å². The standard InChI is InChI=1S/C17H29N3/c1-16(2)8-4-9-17(13-16,14-18)20(3)12-7-15-5-10-19-11-6-15/h5-6,10-11H,4,7-9,12-14,18H2,1-3H3. The van der Waals surface area contributed by atoms with Gasteiger partial charge in [0.15, 0.2) is 0 Å². The van der Waals surface area contributed by atoms with Crippen LogP contribution in [0.4, 0.5) is 0 Å². The molecule has 1 aromatic heterocycles. The average Bonchev–Trinajstić information content (AvgIpc) is 2.44. The van der Waals surface area contributed by atoms with Crippen LogP contribution in [0.5, 0.6) is 0 Å². The molecule has 0 amide bonds. The van der Waals surface area contributed by atoms with E-state index in [0.29, 0.717) is 5.41 Å². The monoisotopic (exact) mass is 275 g/mol. The van der Waals surface area contributed by atoms with Gasteiger partial charge in [-0.05, 0) is 55.8 Å². The predicted octanol–water partition coefficient (Wildman–Crippen LogP) is 2.85. The van der Waals surface area contributed by atoms with E-state index in [2.05, 4.69) is 42.9 Å². The topological polar surface area (TPSA) is 42.2 Å². The lowest BCUT2D eigenvalue weighted by Crippen LogP contribution is -2.56. The molecule has 2 N–H and O–H groups in total. The van der Waals surface area contributed by atoms with Crippen molar-refractivity contribution in [1.82, 2.24) is 9.88 Å². The van der Waals surface area contributed by atoms with E-state index < -0.39 is 0 Å². The minimum absolute atomic E-state index is 0.189. The van der Waals surface area contributed by atoms with Crippen LogP contribution in [0.1, 0.15) is 45.1 Å². The van der Waals surface area contributed by atoms with Crippen LogP contribution < -0.4 is 5.73 Å². The molecular weight excluding hydrogens is 246 g/mol. The molecule has 1 aliphatic rings. The Morgan fingerprint density at radius 2 is 1.95 bits per heavy atom. The Kier molecular flexibility index (Phi) is 4.82. The molecule has 1 aliphatic carbocycles. The highest BCUT2D eigenvalue weighted by Crippen LogP contribution is 2.43. The number of aromatic nitrogens is 1. The summed E-state index contributed by atoms with van der Waals surface area (Å²) in [4.78, 5) is 6.59. The van der Waals surface area contributed by atoms with Gasteiger partial charge in [-0.3, -0.25) is 9.88 Å². The van der Waals surface area contributed by atoms with E-state index in [1.807, 2.05) is 12.4 Å². The maximum atomic E-state index is 6.18. The van der Waals surface area contributed by atoms with Crippen LogP contribution in [0.25, 0.3) is 0 Å². The summed E-state index contributed by atoms with van der Waals surface area (Å²) in [5.74, 6) is 0. The van der Waals surface area contributed by atoms with Crippen LogP contribution >= 0.6 is 0 Å². The summed E-state index contributed by atoms with van der Waals surface area (Å²) < 4.78 is 0. The molecule has 3 heteroatoms. The summed E-state index contributed by atoms with van der Waals surface area (Å²) in [6, 6.07) is 4.21. The number of rotatable bonds is 5. The zero-order chi connectivity index (χ0) is 14.6. The molecule has 0 aromatic carbocycles. The number of likely N-dealkylation sites (N-methyl/N-ethyl adjacent to an activating group) is 1. The maximum absolute atomic E-state index is 6.18. The van der Waals surface area contributed by atoms with Gasteiger partial charge in [-0.2, -0.15) is 0 Å². The molecule has 1 saturated carbocycles. The fourth-order valence-electron chi connectivity index (χ4n) is 3.70. The van der Waals surface area contributed by atoms with Crippen LogP contribution in [0.2, 0.25) is 0 Å².